The van der Waals surface area contributed by atoms with E-state index < -0.39 is 11.6 Å². The second-order valence-electron chi connectivity index (χ2n) is 4.16. The minimum Gasteiger partial charge on any atom is -0.368 e. The third-order valence-electron chi connectivity index (χ3n) is 2.68. The zero-order chi connectivity index (χ0) is 14.1. The summed E-state index contributed by atoms with van der Waals surface area (Å²) in [5, 5.41) is 0. The van der Waals surface area contributed by atoms with Gasteiger partial charge in [-0.2, -0.15) is 4.98 Å². The molecule has 1 aromatic carbocycles. The highest BCUT2D eigenvalue weighted by atomic mass is 19.1. The van der Waals surface area contributed by atoms with Crippen LogP contribution in [-0.2, 0) is 6.54 Å². The van der Waals surface area contributed by atoms with Gasteiger partial charge in [0.05, 0.1) is 12.7 Å². The maximum absolute atomic E-state index is 13.1. The summed E-state index contributed by atoms with van der Waals surface area (Å²) < 4.78 is 27.7. The first-order valence-electron chi connectivity index (χ1n) is 5.76. The summed E-state index contributed by atoms with van der Waals surface area (Å²) in [5.74, 6) is -1.12. The van der Waals surface area contributed by atoms with Crippen molar-refractivity contribution >= 4 is 17.1 Å². The highest BCUT2D eigenvalue weighted by Crippen LogP contribution is 2.11. The standard InChI is InChI=1S/C12H10F2N6/c13-8-1-7(2-9(14)3-8)4-18-20-6-17-10-5-16-12(15)19-11(10)20/h1-3,5-6,18H,4H2,(H2,15,16,19). The number of nitrogen functional groups attached to an aromatic ring is 1. The van der Waals surface area contributed by atoms with Crippen LogP contribution in [0.2, 0.25) is 0 Å². The minimum atomic E-state index is -0.621. The van der Waals surface area contributed by atoms with Gasteiger partial charge in [0.1, 0.15) is 23.5 Å². The molecule has 0 saturated heterocycles. The van der Waals surface area contributed by atoms with Crippen molar-refractivity contribution in [1.29, 1.82) is 0 Å². The molecule has 20 heavy (non-hydrogen) atoms. The molecular formula is C12H10F2N6. The van der Waals surface area contributed by atoms with Crippen LogP contribution in [0.1, 0.15) is 5.56 Å². The number of benzene rings is 1. The molecule has 2 heterocycles. The highest BCUT2D eigenvalue weighted by molar-refractivity contribution is 5.70. The summed E-state index contributed by atoms with van der Waals surface area (Å²) >= 11 is 0. The molecule has 0 spiro atoms. The monoisotopic (exact) mass is 276 g/mol. The van der Waals surface area contributed by atoms with Crippen LogP contribution in [0.25, 0.3) is 11.2 Å². The van der Waals surface area contributed by atoms with Crippen LogP contribution in [0.4, 0.5) is 14.7 Å². The predicted octanol–water partition coefficient (Wildman–Crippen LogP) is 1.43. The molecule has 3 rings (SSSR count). The van der Waals surface area contributed by atoms with Crippen molar-refractivity contribution in [2.24, 2.45) is 0 Å². The van der Waals surface area contributed by atoms with Crippen molar-refractivity contribution in [3.8, 4) is 0 Å². The lowest BCUT2D eigenvalue weighted by Crippen LogP contribution is -2.14. The third kappa shape index (κ3) is 2.35. The number of hydrogen-bond acceptors (Lipinski definition) is 5. The molecule has 0 aliphatic rings. The molecule has 0 bridgehead atoms. The van der Waals surface area contributed by atoms with E-state index in [4.69, 9.17) is 5.73 Å². The lowest BCUT2D eigenvalue weighted by atomic mass is 10.2. The lowest BCUT2D eigenvalue weighted by Gasteiger charge is -2.08. The number of rotatable bonds is 3. The first-order chi connectivity index (χ1) is 9.61. The average molecular weight is 276 g/mol. The molecule has 0 aliphatic carbocycles. The summed E-state index contributed by atoms with van der Waals surface area (Å²) in [5.41, 5.74) is 9.98. The van der Waals surface area contributed by atoms with Gasteiger partial charge in [0.25, 0.3) is 0 Å². The minimum absolute atomic E-state index is 0.123. The van der Waals surface area contributed by atoms with Gasteiger partial charge >= 0.3 is 0 Å². The molecule has 0 saturated carbocycles. The van der Waals surface area contributed by atoms with E-state index >= 15 is 0 Å². The summed E-state index contributed by atoms with van der Waals surface area (Å²) in [6, 6.07) is 3.32. The number of nitrogens with zero attached hydrogens (tertiary/aromatic N) is 4. The Kier molecular flexibility index (Phi) is 2.90. The number of aromatic nitrogens is 4. The number of hydrogen-bond donors (Lipinski definition) is 2. The summed E-state index contributed by atoms with van der Waals surface area (Å²) in [4.78, 5) is 11.9. The van der Waals surface area contributed by atoms with Gasteiger partial charge in [-0.25, -0.2) is 23.4 Å². The topological polar surface area (TPSA) is 81.6 Å². The number of nitrogens with one attached hydrogen (secondary N) is 1. The van der Waals surface area contributed by atoms with E-state index in [1.165, 1.54) is 29.3 Å². The molecule has 8 heteroatoms. The first-order valence-corrected chi connectivity index (χ1v) is 5.76. The fourth-order valence-corrected chi connectivity index (χ4v) is 1.83. The fourth-order valence-electron chi connectivity index (χ4n) is 1.83. The van der Waals surface area contributed by atoms with Gasteiger partial charge in [0.2, 0.25) is 5.95 Å². The Morgan fingerprint density at radius 1 is 1.15 bits per heavy atom. The predicted molar refractivity (Wildman–Crippen MR) is 69.2 cm³/mol. The van der Waals surface area contributed by atoms with Crippen LogP contribution in [0.15, 0.2) is 30.7 Å². The number of fused-ring (bicyclic) bond motifs is 1. The largest absolute Gasteiger partial charge is 0.368 e. The second-order valence-corrected chi connectivity index (χ2v) is 4.16. The Morgan fingerprint density at radius 2 is 1.90 bits per heavy atom. The highest BCUT2D eigenvalue weighted by Gasteiger charge is 2.06. The van der Waals surface area contributed by atoms with Crippen LogP contribution >= 0.6 is 0 Å². The van der Waals surface area contributed by atoms with Gasteiger partial charge in [0, 0.05) is 6.07 Å². The maximum atomic E-state index is 13.1. The Bertz CT molecular complexity index is 749. The van der Waals surface area contributed by atoms with Gasteiger partial charge in [0.15, 0.2) is 5.65 Å². The van der Waals surface area contributed by atoms with E-state index in [9.17, 15) is 8.78 Å². The van der Waals surface area contributed by atoms with Crippen LogP contribution in [0.5, 0.6) is 0 Å². The Labute approximate surface area is 112 Å². The van der Waals surface area contributed by atoms with Crippen molar-refractivity contribution in [2.45, 2.75) is 6.54 Å². The number of nitrogens with two attached hydrogens (primary N) is 1. The molecule has 0 aliphatic heterocycles. The van der Waals surface area contributed by atoms with Crippen molar-refractivity contribution in [1.82, 2.24) is 19.6 Å². The Hall–Kier alpha value is -2.77. The van der Waals surface area contributed by atoms with E-state index in [0.717, 1.165) is 6.07 Å². The molecule has 0 unspecified atom stereocenters. The van der Waals surface area contributed by atoms with Crippen LogP contribution in [0, 0.1) is 11.6 Å². The molecule has 102 valence electrons. The van der Waals surface area contributed by atoms with E-state index in [1.54, 1.807) is 0 Å². The van der Waals surface area contributed by atoms with Crippen LogP contribution in [0.3, 0.4) is 0 Å². The smallest absolute Gasteiger partial charge is 0.222 e. The summed E-state index contributed by atoms with van der Waals surface area (Å²) in [6.07, 6.45) is 2.99. The molecule has 2 aromatic heterocycles. The lowest BCUT2D eigenvalue weighted by molar-refractivity contribution is 0.579. The van der Waals surface area contributed by atoms with E-state index in [2.05, 4.69) is 20.4 Å². The van der Waals surface area contributed by atoms with Crippen molar-refractivity contribution < 1.29 is 8.78 Å². The third-order valence-corrected chi connectivity index (χ3v) is 2.68. The average Bonchev–Trinajstić information content (AvgIpc) is 2.77. The quantitative estimate of drug-likeness (QED) is 0.756. The normalized spacial score (nSPS) is 10.9. The number of halogens is 2. The SMILES string of the molecule is Nc1ncc2ncn(NCc3cc(F)cc(F)c3)c2n1. The Morgan fingerprint density at radius 3 is 2.65 bits per heavy atom. The zero-order valence-corrected chi connectivity index (χ0v) is 10.2. The maximum Gasteiger partial charge on any atom is 0.222 e. The van der Waals surface area contributed by atoms with E-state index in [-0.39, 0.29) is 12.5 Å². The molecule has 0 radical (unpaired) electrons. The molecule has 3 N–H and O–H groups in total. The van der Waals surface area contributed by atoms with Crippen molar-refractivity contribution in [2.75, 3.05) is 11.2 Å². The molecular weight excluding hydrogens is 266 g/mol. The van der Waals surface area contributed by atoms with Gasteiger partial charge in [-0.05, 0) is 17.7 Å². The van der Waals surface area contributed by atoms with Crippen LogP contribution in [-0.4, -0.2) is 19.6 Å². The van der Waals surface area contributed by atoms with E-state index in [0.29, 0.717) is 16.7 Å². The fraction of sp³-hybridized carbons (Fsp3) is 0.0833. The van der Waals surface area contributed by atoms with E-state index in [1.807, 2.05) is 0 Å². The molecule has 6 nitrogen and oxygen atoms in total. The summed E-state index contributed by atoms with van der Waals surface area (Å²) in [7, 11) is 0. The molecule has 0 atom stereocenters. The van der Waals surface area contributed by atoms with Gasteiger partial charge in [-0.3, -0.25) is 0 Å². The number of imidazole rings is 1. The zero-order valence-electron chi connectivity index (χ0n) is 10.2. The molecule has 0 fully saturated rings. The molecule has 0 amide bonds. The van der Waals surface area contributed by atoms with Gasteiger partial charge in [-0.15, -0.1) is 0 Å². The molecule has 3 aromatic rings. The Balaban J connectivity index is 1.84. The van der Waals surface area contributed by atoms with Gasteiger partial charge < -0.3 is 11.2 Å². The van der Waals surface area contributed by atoms with Crippen molar-refractivity contribution in [3.05, 3.63) is 47.9 Å². The summed E-state index contributed by atoms with van der Waals surface area (Å²) in [6.45, 7) is 0.212. The number of anilines is 1. The second kappa shape index (κ2) is 4.72. The van der Waals surface area contributed by atoms with Crippen LogP contribution < -0.4 is 11.2 Å². The van der Waals surface area contributed by atoms with Crippen molar-refractivity contribution in [3.63, 3.8) is 0 Å². The first kappa shape index (κ1) is 12.3. The van der Waals surface area contributed by atoms with Gasteiger partial charge in [-0.1, -0.05) is 0 Å².